The van der Waals surface area contributed by atoms with Gasteiger partial charge in [-0.15, -0.1) is 0 Å². The lowest BCUT2D eigenvalue weighted by Crippen LogP contribution is -2.53. The van der Waals surface area contributed by atoms with Crippen molar-refractivity contribution >= 4 is 5.82 Å². The van der Waals surface area contributed by atoms with Crippen molar-refractivity contribution < 1.29 is 23.4 Å². The van der Waals surface area contributed by atoms with E-state index < -0.39 is 23.3 Å². The van der Waals surface area contributed by atoms with Crippen molar-refractivity contribution in [3.63, 3.8) is 0 Å². The Bertz CT molecular complexity index is 493. The van der Waals surface area contributed by atoms with Gasteiger partial charge in [0.25, 0.3) is 0 Å². The van der Waals surface area contributed by atoms with E-state index in [0.717, 1.165) is 25.1 Å². The van der Waals surface area contributed by atoms with Crippen LogP contribution >= 0.6 is 0 Å². The molecule has 2 atom stereocenters. The topological polar surface area (TPSA) is 56.6 Å². The molecule has 2 N–H and O–H groups in total. The fraction of sp³-hybridized carbons (Fsp3) is 0.667. The number of aliphatic hydroxyl groups excluding tert-OH is 2. The van der Waals surface area contributed by atoms with Crippen LogP contribution in [-0.4, -0.2) is 41.0 Å². The number of halogens is 3. The largest absolute Gasteiger partial charge is 0.417 e. The maximum atomic E-state index is 12.5. The average Bonchev–Trinajstić information content (AvgIpc) is 2.49. The Balaban J connectivity index is 2.10. The summed E-state index contributed by atoms with van der Waals surface area (Å²) < 4.78 is 37.6. The highest BCUT2D eigenvalue weighted by atomic mass is 19.4. The van der Waals surface area contributed by atoms with Crippen LogP contribution in [0.1, 0.15) is 31.7 Å². The van der Waals surface area contributed by atoms with E-state index in [1.807, 2.05) is 6.92 Å². The maximum Gasteiger partial charge on any atom is 0.417 e. The maximum absolute atomic E-state index is 12.5. The summed E-state index contributed by atoms with van der Waals surface area (Å²) >= 11 is 0. The summed E-state index contributed by atoms with van der Waals surface area (Å²) in [7, 11) is 0. The molecule has 1 saturated heterocycles. The second-order valence-corrected chi connectivity index (χ2v) is 5.89. The number of nitrogens with zero attached hydrogens (tertiary/aromatic N) is 2. The first-order chi connectivity index (χ1) is 10.3. The Morgan fingerprint density at radius 2 is 2.14 bits per heavy atom. The summed E-state index contributed by atoms with van der Waals surface area (Å²) in [6, 6.07) is 2.32. The van der Waals surface area contributed by atoms with Gasteiger partial charge in [0, 0.05) is 24.7 Å². The Hall–Kier alpha value is -1.34. The van der Waals surface area contributed by atoms with Crippen LogP contribution in [0.4, 0.5) is 19.0 Å². The minimum Gasteiger partial charge on any atom is -0.396 e. The number of rotatable bonds is 4. The van der Waals surface area contributed by atoms with Gasteiger partial charge < -0.3 is 15.1 Å². The monoisotopic (exact) mass is 318 g/mol. The molecule has 1 unspecified atom stereocenters. The van der Waals surface area contributed by atoms with E-state index in [-0.39, 0.29) is 13.2 Å². The zero-order chi connectivity index (χ0) is 16.4. The molecule has 1 fully saturated rings. The number of pyridine rings is 1. The van der Waals surface area contributed by atoms with Crippen molar-refractivity contribution in [1.82, 2.24) is 4.98 Å². The van der Waals surface area contributed by atoms with Crippen LogP contribution < -0.4 is 4.90 Å². The number of aromatic nitrogens is 1. The Morgan fingerprint density at radius 3 is 2.59 bits per heavy atom. The summed E-state index contributed by atoms with van der Waals surface area (Å²) in [6.07, 6.45) is -2.16. The predicted molar refractivity (Wildman–Crippen MR) is 76.5 cm³/mol. The van der Waals surface area contributed by atoms with Gasteiger partial charge in [0.1, 0.15) is 5.82 Å². The highest BCUT2D eigenvalue weighted by molar-refractivity contribution is 5.41. The normalized spacial score (nSPS) is 26.3. The lowest BCUT2D eigenvalue weighted by Gasteiger charge is -2.45. The molecule has 2 heterocycles. The number of β-amino-alcohol motifs (C(OH)–C–C–N with tert-alkyl or cyclic N) is 1. The zero-order valence-electron chi connectivity index (χ0n) is 12.5. The number of alkyl halides is 3. The molecule has 0 saturated carbocycles. The van der Waals surface area contributed by atoms with E-state index in [2.05, 4.69) is 4.98 Å². The Morgan fingerprint density at radius 1 is 1.41 bits per heavy atom. The van der Waals surface area contributed by atoms with Crippen molar-refractivity contribution in [2.75, 3.05) is 24.6 Å². The van der Waals surface area contributed by atoms with E-state index in [9.17, 15) is 23.4 Å². The van der Waals surface area contributed by atoms with E-state index in [4.69, 9.17) is 0 Å². The summed E-state index contributed by atoms with van der Waals surface area (Å²) in [5, 5.41) is 20.0. The molecule has 7 heteroatoms. The smallest absolute Gasteiger partial charge is 0.396 e. The third-order valence-electron chi connectivity index (χ3n) is 4.44. The molecule has 4 nitrogen and oxygen atoms in total. The minimum absolute atomic E-state index is 0.0870. The quantitative estimate of drug-likeness (QED) is 0.895. The van der Waals surface area contributed by atoms with E-state index in [1.165, 1.54) is 6.07 Å². The Labute approximate surface area is 127 Å². The molecule has 22 heavy (non-hydrogen) atoms. The van der Waals surface area contributed by atoms with Gasteiger partial charge in [-0.3, -0.25) is 0 Å². The van der Waals surface area contributed by atoms with E-state index in [1.54, 1.807) is 4.90 Å². The molecule has 0 spiro atoms. The van der Waals surface area contributed by atoms with Crippen molar-refractivity contribution in [3.05, 3.63) is 23.9 Å². The van der Waals surface area contributed by atoms with Crippen LogP contribution in [0.25, 0.3) is 0 Å². The second kappa shape index (κ2) is 6.42. The highest BCUT2D eigenvalue weighted by Crippen LogP contribution is 2.37. The molecule has 0 aliphatic carbocycles. The number of aliphatic hydroxyl groups is 2. The summed E-state index contributed by atoms with van der Waals surface area (Å²) in [5.41, 5.74) is -1.30. The molecule has 0 bridgehead atoms. The fourth-order valence-electron chi connectivity index (χ4n) is 3.02. The third-order valence-corrected chi connectivity index (χ3v) is 4.44. The number of hydrogen-bond acceptors (Lipinski definition) is 4. The van der Waals surface area contributed by atoms with Crippen LogP contribution in [-0.2, 0) is 6.18 Å². The van der Waals surface area contributed by atoms with Gasteiger partial charge in [-0.05, 0) is 25.0 Å². The molecule has 1 aromatic rings. The fourth-order valence-corrected chi connectivity index (χ4v) is 3.02. The molecule has 2 rings (SSSR count). The molecule has 1 aliphatic heterocycles. The number of piperidine rings is 1. The van der Waals surface area contributed by atoms with Crippen LogP contribution in [0, 0.1) is 5.41 Å². The van der Waals surface area contributed by atoms with Crippen LogP contribution in [0.2, 0.25) is 0 Å². The van der Waals surface area contributed by atoms with Crippen molar-refractivity contribution in [2.45, 2.75) is 38.5 Å². The molecule has 0 radical (unpaired) electrons. The first kappa shape index (κ1) is 17.0. The van der Waals surface area contributed by atoms with Gasteiger partial charge >= 0.3 is 6.18 Å². The van der Waals surface area contributed by atoms with Gasteiger partial charge in [-0.1, -0.05) is 13.3 Å². The Kier molecular flexibility index (Phi) is 4.97. The van der Waals surface area contributed by atoms with Crippen molar-refractivity contribution in [2.24, 2.45) is 5.41 Å². The summed E-state index contributed by atoms with van der Waals surface area (Å²) in [4.78, 5) is 5.61. The van der Waals surface area contributed by atoms with Crippen molar-refractivity contribution in [1.29, 1.82) is 0 Å². The van der Waals surface area contributed by atoms with E-state index in [0.29, 0.717) is 18.8 Å². The molecule has 1 aliphatic rings. The zero-order valence-corrected chi connectivity index (χ0v) is 12.5. The lowest BCUT2D eigenvalue weighted by atomic mass is 9.73. The number of anilines is 1. The molecule has 124 valence electrons. The summed E-state index contributed by atoms with van der Waals surface area (Å²) in [6.45, 7) is 2.72. The lowest BCUT2D eigenvalue weighted by molar-refractivity contribution is -0.137. The van der Waals surface area contributed by atoms with Gasteiger partial charge in [-0.2, -0.15) is 13.2 Å². The minimum atomic E-state index is -4.40. The highest BCUT2D eigenvalue weighted by Gasteiger charge is 2.41. The van der Waals surface area contributed by atoms with Gasteiger partial charge in [0.05, 0.1) is 18.3 Å². The molecule has 0 aromatic carbocycles. The van der Waals surface area contributed by atoms with Crippen LogP contribution in [0.5, 0.6) is 0 Å². The molecule has 1 aromatic heterocycles. The average molecular weight is 318 g/mol. The van der Waals surface area contributed by atoms with Gasteiger partial charge in [0.2, 0.25) is 0 Å². The standard InChI is InChI=1S/C15H21F3N2O2/c1-2-5-14(10-21)6-7-20(9-12(14)22)13-4-3-11(8-19-13)15(16,17)18/h3-4,8,12,21-22H,2,5-7,9-10H2,1H3/t12?,14-/m1/s1. The molecule has 0 amide bonds. The molecular formula is C15H21F3N2O2. The van der Waals surface area contributed by atoms with Crippen molar-refractivity contribution in [3.8, 4) is 0 Å². The predicted octanol–water partition coefficient (Wildman–Crippen LogP) is 2.45. The third kappa shape index (κ3) is 3.35. The first-order valence-corrected chi connectivity index (χ1v) is 7.39. The van der Waals surface area contributed by atoms with Crippen LogP contribution in [0.3, 0.4) is 0 Å². The van der Waals surface area contributed by atoms with Gasteiger partial charge in [-0.25, -0.2) is 4.98 Å². The molecular weight excluding hydrogens is 297 g/mol. The SMILES string of the molecule is CCC[C@]1(CO)CCN(c2ccc(C(F)(F)F)cn2)CC1O. The number of hydrogen-bond donors (Lipinski definition) is 2. The first-order valence-electron chi connectivity index (χ1n) is 7.39. The van der Waals surface area contributed by atoms with Crippen LogP contribution in [0.15, 0.2) is 18.3 Å². The second-order valence-electron chi connectivity index (χ2n) is 5.89. The van der Waals surface area contributed by atoms with E-state index >= 15 is 0 Å². The van der Waals surface area contributed by atoms with Gasteiger partial charge in [0.15, 0.2) is 0 Å². The summed E-state index contributed by atoms with van der Waals surface area (Å²) in [5.74, 6) is 0.412.